The molecule has 0 saturated heterocycles. The van der Waals surface area contributed by atoms with Crippen LogP contribution in [0.3, 0.4) is 0 Å². The fourth-order valence-electron chi connectivity index (χ4n) is 2.77. The predicted molar refractivity (Wildman–Crippen MR) is 99.3 cm³/mol. The number of rotatable bonds is 10. The first kappa shape index (κ1) is 24.6. The Hall–Kier alpha value is -0.414. The Balaban J connectivity index is 0.00000364. The van der Waals surface area contributed by atoms with Crippen molar-refractivity contribution in [3.05, 3.63) is 48.0 Å². The van der Waals surface area contributed by atoms with E-state index in [2.05, 4.69) is 6.92 Å². The molecule has 142 valence electrons. The van der Waals surface area contributed by atoms with Gasteiger partial charge in [-0.1, -0.05) is 57.2 Å². The summed E-state index contributed by atoms with van der Waals surface area (Å²) in [6.45, 7) is 2.16. The van der Waals surface area contributed by atoms with Crippen molar-refractivity contribution >= 4 is 10.1 Å². The van der Waals surface area contributed by atoms with E-state index in [9.17, 15) is 18.1 Å². The molecular formula is C20H25KO5S. The molecule has 1 N–H and O–H groups in total. The standard InChI is InChI=1S/C20H26O5S.K/c1-2-3-4-5-6-8-11-16-14-18(25-17-12-9-7-10-13-17)20(21)19(15-16)26(22,23)24;/h7,9-10,12-15,21H,2-6,8,11H2,1H3,(H,22,23,24);/q;+1/p-1. The Morgan fingerprint density at radius 2 is 1.63 bits per heavy atom. The van der Waals surface area contributed by atoms with Crippen LogP contribution in [0.1, 0.15) is 51.0 Å². The van der Waals surface area contributed by atoms with E-state index in [1.165, 1.54) is 25.3 Å². The van der Waals surface area contributed by atoms with Gasteiger partial charge in [-0.2, -0.15) is 8.42 Å². The number of hydrogen-bond acceptors (Lipinski definition) is 4. The zero-order valence-electron chi connectivity index (χ0n) is 16.0. The zero-order chi connectivity index (χ0) is 19.0. The molecule has 0 heterocycles. The van der Waals surface area contributed by atoms with Crippen LogP contribution in [-0.4, -0.2) is 13.0 Å². The van der Waals surface area contributed by atoms with Crippen LogP contribution >= 0.6 is 0 Å². The first-order valence-corrected chi connectivity index (χ1v) is 10.4. The Bertz CT molecular complexity index is 807. The van der Waals surface area contributed by atoms with Gasteiger partial charge in [0.25, 0.3) is 10.1 Å². The molecule has 7 heteroatoms. The zero-order valence-corrected chi connectivity index (χ0v) is 19.9. The van der Waals surface area contributed by atoms with E-state index in [-0.39, 0.29) is 57.1 Å². The molecule has 2 aromatic carbocycles. The van der Waals surface area contributed by atoms with Crippen molar-refractivity contribution < 1.29 is 74.2 Å². The molecule has 0 spiro atoms. The molecule has 0 aliphatic heterocycles. The molecule has 0 aliphatic carbocycles. The summed E-state index contributed by atoms with van der Waals surface area (Å²) in [5.41, 5.74) is 0.665. The number of hydrogen-bond donors (Lipinski definition) is 1. The molecule has 0 amide bonds. The third-order valence-electron chi connectivity index (χ3n) is 4.15. The number of unbranched alkanes of at least 4 members (excludes halogenated alkanes) is 5. The second-order valence-electron chi connectivity index (χ2n) is 6.33. The van der Waals surface area contributed by atoms with Crippen LogP contribution in [0.25, 0.3) is 0 Å². The van der Waals surface area contributed by atoms with Gasteiger partial charge in [0.2, 0.25) is 0 Å². The minimum Gasteiger partial charge on any atom is -0.869 e. The molecule has 0 aromatic heterocycles. The van der Waals surface area contributed by atoms with Crippen LogP contribution in [0.5, 0.6) is 17.2 Å². The van der Waals surface area contributed by atoms with E-state index in [4.69, 9.17) is 4.74 Å². The van der Waals surface area contributed by atoms with Gasteiger partial charge in [0.15, 0.2) is 0 Å². The van der Waals surface area contributed by atoms with E-state index in [0.717, 1.165) is 19.3 Å². The normalized spacial score (nSPS) is 11.0. The number of para-hydroxylation sites is 1. The van der Waals surface area contributed by atoms with Gasteiger partial charge >= 0.3 is 51.4 Å². The Labute approximate surface area is 204 Å². The third kappa shape index (κ3) is 8.23. The van der Waals surface area contributed by atoms with Crippen LogP contribution in [-0.2, 0) is 16.5 Å². The first-order valence-electron chi connectivity index (χ1n) is 8.96. The quantitative estimate of drug-likeness (QED) is 0.362. The predicted octanol–water partition coefficient (Wildman–Crippen LogP) is 1.71. The van der Waals surface area contributed by atoms with Crippen LogP contribution in [0.15, 0.2) is 47.4 Å². The molecule has 5 nitrogen and oxygen atoms in total. The Kier molecular flexibility index (Phi) is 11.1. The summed E-state index contributed by atoms with van der Waals surface area (Å²) in [6, 6.07) is 11.5. The average molecular weight is 417 g/mol. The van der Waals surface area contributed by atoms with Crippen LogP contribution < -0.4 is 61.2 Å². The summed E-state index contributed by atoms with van der Waals surface area (Å²) in [6.07, 6.45) is 7.27. The molecule has 0 radical (unpaired) electrons. The van der Waals surface area contributed by atoms with E-state index in [1.807, 2.05) is 6.07 Å². The maximum atomic E-state index is 12.4. The summed E-state index contributed by atoms with van der Waals surface area (Å²) in [7, 11) is -4.61. The van der Waals surface area contributed by atoms with Crippen molar-refractivity contribution in [2.75, 3.05) is 0 Å². The van der Waals surface area contributed by atoms with E-state index in [0.29, 0.717) is 17.7 Å². The summed E-state index contributed by atoms with van der Waals surface area (Å²) in [4.78, 5) is -0.632. The molecule has 0 atom stereocenters. The molecule has 0 fully saturated rings. The van der Waals surface area contributed by atoms with Gasteiger partial charge in [0.05, 0.1) is 4.90 Å². The van der Waals surface area contributed by atoms with Gasteiger partial charge in [-0.05, 0) is 48.4 Å². The fraction of sp³-hybridized carbons (Fsp3) is 0.400. The third-order valence-corrected chi connectivity index (χ3v) is 5.01. The summed E-state index contributed by atoms with van der Waals surface area (Å²) >= 11 is 0. The maximum Gasteiger partial charge on any atom is 1.00 e. The van der Waals surface area contributed by atoms with Crippen molar-refractivity contribution in [3.8, 4) is 17.2 Å². The largest absolute Gasteiger partial charge is 1.00 e. The molecule has 0 unspecified atom stereocenters. The molecule has 0 bridgehead atoms. The van der Waals surface area contributed by atoms with E-state index < -0.39 is 20.8 Å². The fourth-order valence-corrected chi connectivity index (χ4v) is 3.40. The Morgan fingerprint density at radius 3 is 2.26 bits per heavy atom. The van der Waals surface area contributed by atoms with E-state index >= 15 is 0 Å². The van der Waals surface area contributed by atoms with Crippen molar-refractivity contribution in [1.29, 1.82) is 0 Å². The summed E-state index contributed by atoms with van der Waals surface area (Å²) < 4.78 is 38.0. The van der Waals surface area contributed by atoms with Gasteiger partial charge in [0, 0.05) is 0 Å². The Morgan fingerprint density at radius 1 is 1.00 bits per heavy atom. The number of benzene rings is 2. The molecule has 0 saturated carbocycles. The molecule has 0 aliphatic rings. The van der Waals surface area contributed by atoms with Gasteiger partial charge in [-0.15, -0.1) is 0 Å². The number of aryl methyl sites for hydroxylation is 1. The van der Waals surface area contributed by atoms with E-state index in [1.54, 1.807) is 30.3 Å². The molecule has 27 heavy (non-hydrogen) atoms. The van der Waals surface area contributed by atoms with Crippen molar-refractivity contribution in [3.63, 3.8) is 0 Å². The first-order chi connectivity index (χ1) is 12.4. The van der Waals surface area contributed by atoms with Gasteiger partial charge in [-0.25, -0.2) is 0 Å². The topological polar surface area (TPSA) is 86.7 Å². The van der Waals surface area contributed by atoms with Crippen molar-refractivity contribution in [1.82, 2.24) is 0 Å². The van der Waals surface area contributed by atoms with Crippen LogP contribution in [0.2, 0.25) is 0 Å². The smallest absolute Gasteiger partial charge is 0.869 e. The molecule has 2 rings (SSSR count). The monoisotopic (exact) mass is 416 g/mol. The van der Waals surface area contributed by atoms with Gasteiger partial charge in [0.1, 0.15) is 11.5 Å². The molecule has 2 aromatic rings. The van der Waals surface area contributed by atoms with Crippen LogP contribution in [0.4, 0.5) is 0 Å². The minimum absolute atomic E-state index is 0. The second kappa shape index (κ2) is 12.2. The minimum atomic E-state index is -4.61. The van der Waals surface area contributed by atoms with Gasteiger partial charge < -0.3 is 9.84 Å². The second-order valence-corrected chi connectivity index (χ2v) is 7.72. The van der Waals surface area contributed by atoms with Crippen molar-refractivity contribution in [2.45, 2.75) is 56.8 Å². The summed E-state index contributed by atoms with van der Waals surface area (Å²) in [5.74, 6) is -0.488. The van der Waals surface area contributed by atoms with Crippen molar-refractivity contribution in [2.24, 2.45) is 0 Å². The maximum absolute atomic E-state index is 12.4. The van der Waals surface area contributed by atoms with Crippen LogP contribution in [0, 0.1) is 0 Å². The summed E-state index contributed by atoms with van der Waals surface area (Å²) in [5, 5.41) is 12.4. The molecular weight excluding hydrogens is 391 g/mol. The SMILES string of the molecule is CCCCCCCCc1cc(Oc2ccccc2)c([O-])c(S(=O)(=O)O)c1.[K+]. The average Bonchev–Trinajstić information content (AvgIpc) is 2.60. The number of ether oxygens (including phenoxy) is 1. The van der Waals surface area contributed by atoms with Gasteiger partial charge in [-0.3, -0.25) is 4.55 Å².